The first kappa shape index (κ1) is 11.3. The lowest BCUT2D eigenvalue weighted by atomic mass is 10.1. The molecule has 6 nitrogen and oxygen atoms in total. The minimum Gasteiger partial charge on any atom is -0.367 e. The molecular weight excluding hydrogens is 230 g/mol. The van der Waals surface area contributed by atoms with Crippen molar-refractivity contribution in [1.82, 2.24) is 19.6 Å². The van der Waals surface area contributed by atoms with Gasteiger partial charge in [-0.2, -0.15) is 5.10 Å². The van der Waals surface area contributed by atoms with E-state index in [0.29, 0.717) is 17.5 Å². The van der Waals surface area contributed by atoms with E-state index in [1.807, 2.05) is 0 Å². The summed E-state index contributed by atoms with van der Waals surface area (Å²) in [5, 5.41) is 9.77. The number of nitrogens with zero attached hydrogens (tertiary/aromatic N) is 3. The summed E-state index contributed by atoms with van der Waals surface area (Å²) in [6.45, 7) is 3.97. The van der Waals surface area contributed by atoms with Crippen LogP contribution in [0.3, 0.4) is 0 Å². The van der Waals surface area contributed by atoms with Gasteiger partial charge < -0.3 is 5.32 Å². The highest BCUT2D eigenvalue weighted by Gasteiger charge is 2.23. The van der Waals surface area contributed by atoms with Crippen LogP contribution in [0.4, 0.5) is 5.82 Å². The number of rotatable bonds is 4. The Bertz CT molecular complexity index is 625. The van der Waals surface area contributed by atoms with Gasteiger partial charge in [-0.1, -0.05) is 12.8 Å². The molecule has 0 bridgehead atoms. The summed E-state index contributed by atoms with van der Waals surface area (Å²) < 4.78 is 1.47. The quantitative estimate of drug-likeness (QED) is 0.854. The summed E-state index contributed by atoms with van der Waals surface area (Å²) in [6.07, 6.45) is 3.89. The van der Waals surface area contributed by atoms with E-state index < -0.39 is 0 Å². The summed E-state index contributed by atoms with van der Waals surface area (Å²) >= 11 is 0. The molecular formula is C12H17N5O. The zero-order valence-electron chi connectivity index (χ0n) is 10.6. The molecule has 1 saturated carbocycles. The molecule has 1 fully saturated rings. The molecule has 1 aliphatic rings. The van der Waals surface area contributed by atoms with Crippen molar-refractivity contribution in [1.29, 1.82) is 0 Å². The summed E-state index contributed by atoms with van der Waals surface area (Å²) in [4.78, 5) is 15.9. The third-order valence-corrected chi connectivity index (χ3v) is 3.35. The van der Waals surface area contributed by atoms with E-state index >= 15 is 0 Å². The van der Waals surface area contributed by atoms with Crippen LogP contribution in [-0.4, -0.2) is 25.6 Å². The molecule has 2 heterocycles. The first-order valence-corrected chi connectivity index (χ1v) is 6.35. The molecule has 96 valence electrons. The molecule has 3 rings (SSSR count). The highest BCUT2D eigenvalue weighted by atomic mass is 16.1. The topological polar surface area (TPSA) is 75.1 Å². The Hall–Kier alpha value is -1.85. The van der Waals surface area contributed by atoms with Gasteiger partial charge in [0.15, 0.2) is 5.65 Å². The number of H-pyrrole nitrogens is 1. The normalized spacial score (nSPS) is 17.0. The minimum atomic E-state index is -0.243. The van der Waals surface area contributed by atoms with Gasteiger partial charge in [0.05, 0.1) is 0 Å². The molecule has 2 N–H and O–H groups in total. The Kier molecular flexibility index (Phi) is 2.57. The lowest BCUT2D eigenvalue weighted by molar-refractivity contribution is 0.639. The number of hydrogen-bond donors (Lipinski definition) is 2. The fourth-order valence-electron chi connectivity index (χ4n) is 2.34. The van der Waals surface area contributed by atoms with E-state index in [-0.39, 0.29) is 5.69 Å². The molecule has 1 aliphatic carbocycles. The first-order valence-electron chi connectivity index (χ1n) is 6.35. The lowest BCUT2D eigenvalue weighted by Gasteiger charge is -2.14. The smallest absolute Gasteiger partial charge is 0.349 e. The van der Waals surface area contributed by atoms with Gasteiger partial charge in [0.2, 0.25) is 0 Å². The van der Waals surface area contributed by atoms with Gasteiger partial charge in [0, 0.05) is 12.1 Å². The van der Waals surface area contributed by atoms with E-state index in [2.05, 4.69) is 27.4 Å². The van der Waals surface area contributed by atoms with Crippen molar-refractivity contribution < 1.29 is 0 Å². The number of fused-ring (bicyclic) bond motifs is 1. The molecule has 0 saturated heterocycles. The lowest BCUT2D eigenvalue weighted by Crippen LogP contribution is -2.19. The Morgan fingerprint density at radius 2 is 2.39 bits per heavy atom. The maximum Gasteiger partial charge on any atom is 0.349 e. The van der Waals surface area contributed by atoms with E-state index in [4.69, 9.17) is 0 Å². The second-order valence-electron chi connectivity index (χ2n) is 5.14. The van der Waals surface area contributed by atoms with Gasteiger partial charge in [-0.15, -0.1) is 0 Å². The van der Waals surface area contributed by atoms with Gasteiger partial charge >= 0.3 is 5.69 Å². The van der Waals surface area contributed by atoms with Gasteiger partial charge in [-0.05, 0) is 26.2 Å². The monoisotopic (exact) mass is 247 g/mol. The second-order valence-corrected chi connectivity index (χ2v) is 5.14. The number of aromatic nitrogens is 4. The Balaban J connectivity index is 1.85. The Labute approximate surface area is 104 Å². The zero-order valence-corrected chi connectivity index (χ0v) is 10.6. The SMILES string of the molecule is Cc1nc(NC(C)CC2CC2)cc2n[nH]c(=O)n12. The van der Waals surface area contributed by atoms with Crippen LogP contribution in [0, 0.1) is 12.8 Å². The molecule has 0 aliphatic heterocycles. The minimum absolute atomic E-state index is 0.243. The van der Waals surface area contributed by atoms with Crippen LogP contribution in [0.5, 0.6) is 0 Å². The van der Waals surface area contributed by atoms with Crippen LogP contribution in [0.1, 0.15) is 32.0 Å². The first-order chi connectivity index (χ1) is 8.63. The van der Waals surface area contributed by atoms with Crippen molar-refractivity contribution in [3.05, 3.63) is 22.4 Å². The standard InChI is InChI=1S/C12H17N5O/c1-7(5-9-3-4-9)13-10-6-11-15-16-12(18)17(11)8(2)14-10/h6-7,9,13H,3-5H2,1-2H3,(H,16,18). The third-order valence-electron chi connectivity index (χ3n) is 3.35. The van der Waals surface area contributed by atoms with Crippen LogP contribution < -0.4 is 11.0 Å². The Morgan fingerprint density at radius 3 is 3.11 bits per heavy atom. The predicted molar refractivity (Wildman–Crippen MR) is 68.8 cm³/mol. The van der Waals surface area contributed by atoms with E-state index in [0.717, 1.165) is 11.7 Å². The highest BCUT2D eigenvalue weighted by Crippen LogP contribution is 2.33. The molecule has 0 aromatic carbocycles. The zero-order chi connectivity index (χ0) is 12.7. The van der Waals surface area contributed by atoms with Crippen LogP contribution in [-0.2, 0) is 0 Å². The highest BCUT2D eigenvalue weighted by molar-refractivity contribution is 5.50. The second kappa shape index (κ2) is 4.12. The van der Waals surface area contributed by atoms with Crippen molar-refractivity contribution in [3.8, 4) is 0 Å². The van der Waals surface area contributed by atoms with Crippen molar-refractivity contribution >= 4 is 11.5 Å². The fraction of sp³-hybridized carbons (Fsp3) is 0.583. The van der Waals surface area contributed by atoms with Crippen LogP contribution >= 0.6 is 0 Å². The predicted octanol–water partition coefficient (Wildman–Crippen LogP) is 1.33. The number of aryl methyl sites for hydroxylation is 1. The molecule has 1 unspecified atom stereocenters. The van der Waals surface area contributed by atoms with Crippen molar-refractivity contribution in [3.63, 3.8) is 0 Å². The third kappa shape index (κ3) is 2.10. The van der Waals surface area contributed by atoms with Crippen molar-refractivity contribution in [2.24, 2.45) is 5.92 Å². The number of hydrogen-bond acceptors (Lipinski definition) is 4. The van der Waals surface area contributed by atoms with E-state index in [1.165, 1.54) is 23.7 Å². The van der Waals surface area contributed by atoms with Crippen LogP contribution in [0.15, 0.2) is 10.9 Å². The molecule has 0 amide bonds. The average molecular weight is 247 g/mol. The molecule has 2 aromatic rings. The van der Waals surface area contributed by atoms with E-state index in [9.17, 15) is 4.79 Å². The van der Waals surface area contributed by atoms with Crippen LogP contribution in [0.2, 0.25) is 0 Å². The van der Waals surface area contributed by atoms with Crippen molar-refractivity contribution in [2.45, 2.75) is 39.2 Å². The molecule has 6 heteroatoms. The number of nitrogens with one attached hydrogen (secondary N) is 2. The molecule has 0 spiro atoms. The summed E-state index contributed by atoms with van der Waals surface area (Å²) in [6, 6.07) is 2.20. The van der Waals surface area contributed by atoms with Gasteiger partial charge in [0.1, 0.15) is 11.6 Å². The van der Waals surface area contributed by atoms with Gasteiger partial charge in [-0.3, -0.25) is 0 Å². The summed E-state index contributed by atoms with van der Waals surface area (Å²) in [5.41, 5.74) is 0.362. The van der Waals surface area contributed by atoms with Crippen molar-refractivity contribution in [2.75, 3.05) is 5.32 Å². The molecule has 18 heavy (non-hydrogen) atoms. The van der Waals surface area contributed by atoms with Gasteiger partial charge in [0.25, 0.3) is 0 Å². The number of anilines is 1. The molecule has 1 atom stereocenters. The van der Waals surface area contributed by atoms with E-state index in [1.54, 1.807) is 13.0 Å². The number of aromatic amines is 1. The largest absolute Gasteiger partial charge is 0.367 e. The maximum atomic E-state index is 11.5. The van der Waals surface area contributed by atoms with Crippen LogP contribution in [0.25, 0.3) is 5.65 Å². The fourth-order valence-corrected chi connectivity index (χ4v) is 2.34. The average Bonchev–Trinajstić information content (AvgIpc) is 3.01. The molecule has 2 aromatic heterocycles. The summed E-state index contributed by atoms with van der Waals surface area (Å²) in [7, 11) is 0. The Morgan fingerprint density at radius 1 is 1.61 bits per heavy atom. The molecule has 0 radical (unpaired) electrons. The van der Waals surface area contributed by atoms with Gasteiger partial charge in [-0.25, -0.2) is 19.3 Å². The summed E-state index contributed by atoms with van der Waals surface area (Å²) in [5.74, 6) is 2.31. The maximum absolute atomic E-state index is 11.5.